The number of hydrogen-bond acceptors (Lipinski definition) is 4. The Labute approximate surface area is 128 Å². The summed E-state index contributed by atoms with van der Waals surface area (Å²) in [5, 5.41) is 3.45. The number of piperidine rings is 1. The van der Waals surface area contributed by atoms with Crippen LogP contribution in [0.2, 0.25) is 0 Å². The number of nitrogens with zero attached hydrogens (tertiary/aromatic N) is 2. The number of hydrogen-bond donors (Lipinski definition) is 1. The molecule has 0 bridgehead atoms. The molecule has 0 spiro atoms. The molecule has 1 aromatic heterocycles. The fourth-order valence-electron chi connectivity index (χ4n) is 2.60. The lowest BCUT2D eigenvalue weighted by atomic mass is 10.1. The van der Waals surface area contributed by atoms with Gasteiger partial charge in [-0.15, -0.1) is 0 Å². The molecule has 2 rings (SSSR count). The van der Waals surface area contributed by atoms with Crippen molar-refractivity contribution in [3.8, 4) is 0 Å². The number of aromatic nitrogens is 1. The summed E-state index contributed by atoms with van der Waals surface area (Å²) in [6, 6.07) is 6.00. The summed E-state index contributed by atoms with van der Waals surface area (Å²) in [5.41, 5.74) is 2.23. The zero-order valence-corrected chi connectivity index (χ0v) is 13.4. The van der Waals surface area contributed by atoms with Crippen LogP contribution >= 0.6 is 0 Å². The number of likely N-dealkylation sites (tertiary alicyclic amines) is 1. The molecular weight excluding hydrogens is 262 g/mol. The van der Waals surface area contributed by atoms with Gasteiger partial charge in [-0.2, -0.15) is 0 Å². The van der Waals surface area contributed by atoms with Gasteiger partial charge in [0, 0.05) is 25.8 Å². The van der Waals surface area contributed by atoms with Crippen molar-refractivity contribution in [2.24, 2.45) is 0 Å². The molecular formula is C17H27N3O. The van der Waals surface area contributed by atoms with Gasteiger partial charge in [0.1, 0.15) is 6.23 Å². The van der Waals surface area contributed by atoms with Crippen LogP contribution in [0.5, 0.6) is 0 Å². The molecule has 2 heterocycles. The summed E-state index contributed by atoms with van der Waals surface area (Å²) in [6.45, 7) is 7.18. The van der Waals surface area contributed by atoms with E-state index in [2.05, 4.69) is 35.2 Å². The van der Waals surface area contributed by atoms with E-state index in [0.29, 0.717) is 6.10 Å². The Bertz CT molecular complexity index is 439. The Hall–Kier alpha value is -1.23. The third-order valence-corrected chi connectivity index (χ3v) is 3.98. The Morgan fingerprint density at radius 3 is 2.86 bits per heavy atom. The maximum Gasteiger partial charge on any atom is 0.105 e. The standard InChI is InChI=1S/C17H27N3O/c1-4-15(17-7-5-6-10-18-17)13-19-14(2)21-16-8-11-20(3)12-9-16/h4-7,10,14,16,19H,8-9,11-13H2,1-3H3/b15-4+. The third kappa shape index (κ3) is 5.23. The van der Waals surface area contributed by atoms with E-state index in [4.69, 9.17) is 4.74 Å². The van der Waals surface area contributed by atoms with Crippen molar-refractivity contribution < 1.29 is 4.74 Å². The van der Waals surface area contributed by atoms with E-state index in [1.807, 2.05) is 31.3 Å². The van der Waals surface area contributed by atoms with Crippen molar-refractivity contribution in [3.05, 3.63) is 36.2 Å². The van der Waals surface area contributed by atoms with Gasteiger partial charge < -0.3 is 9.64 Å². The predicted molar refractivity (Wildman–Crippen MR) is 87.0 cm³/mol. The van der Waals surface area contributed by atoms with Crippen molar-refractivity contribution >= 4 is 5.57 Å². The topological polar surface area (TPSA) is 37.4 Å². The van der Waals surface area contributed by atoms with Gasteiger partial charge in [0.15, 0.2) is 0 Å². The number of allylic oxidation sites excluding steroid dienone is 1. The normalized spacial score (nSPS) is 19.7. The van der Waals surface area contributed by atoms with Gasteiger partial charge in [0.05, 0.1) is 11.8 Å². The summed E-state index contributed by atoms with van der Waals surface area (Å²) in [7, 11) is 2.17. The second kappa shape index (κ2) is 8.27. The smallest absolute Gasteiger partial charge is 0.105 e. The second-order valence-electron chi connectivity index (χ2n) is 5.69. The highest BCUT2D eigenvalue weighted by Gasteiger charge is 2.19. The highest BCUT2D eigenvalue weighted by molar-refractivity contribution is 5.63. The van der Waals surface area contributed by atoms with Gasteiger partial charge in [0.2, 0.25) is 0 Å². The molecule has 1 aliphatic heterocycles. The molecule has 1 atom stereocenters. The fraction of sp³-hybridized carbons (Fsp3) is 0.588. The quantitative estimate of drug-likeness (QED) is 0.817. The van der Waals surface area contributed by atoms with E-state index in [1.165, 1.54) is 5.57 Å². The van der Waals surface area contributed by atoms with Crippen LogP contribution in [0.1, 0.15) is 32.4 Å². The Morgan fingerprint density at radius 1 is 1.48 bits per heavy atom. The van der Waals surface area contributed by atoms with Crippen LogP contribution in [0.4, 0.5) is 0 Å². The second-order valence-corrected chi connectivity index (χ2v) is 5.69. The highest BCUT2D eigenvalue weighted by atomic mass is 16.5. The molecule has 0 aromatic carbocycles. The maximum atomic E-state index is 6.08. The zero-order valence-electron chi connectivity index (χ0n) is 13.4. The molecule has 21 heavy (non-hydrogen) atoms. The summed E-state index contributed by atoms with van der Waals surface area (Å²) >= 11 is 0. The maximum absolute atomic E-state index is 6.08. The van der Waals surface area contributed by atoms with Crippen LogP contribution in [-0.4, -0.2) is 48.9 Å². The highest BCUT2D eigenvalue weighted by Crippen LogP contribution is 2.14. The summed E-state index contributed by atoms with van der Waals surface area (Å²) in [5.74, 6) is 0. The van der Waals surface area contributed by atoms with Gasteiger partial charge in [-0.3, -0.25) is 10.3 Å². The van der Waals surface area contributed by atoms with Crippen LogP contribution in [0.25, 0.3) is 5.57 Å². The van der Waals surface area contributed by atoms with E-state index in [1.54, 1.807) is 0 Å². The van der Waals surface area contributed by atoms with Crippen molar-refractivity contribution in [1.82, 2.24) is 15.2 Å². The average molecular weight is 289 g/mol. The number of rotatable bonds is 6. The minimum Gasteiger partial charge on any atom is -0.360 e. The van der Waals surface area contributed by atoms with Gasteiger partial charge >= 0.3 is 0 Å². The first-order chi connectivity index (χ1) is 10.2. The molecule has 1 aromatic rings. The summed E-state index contributed by atoms with van der Waals surface area (Å²) in [6.07, 6.45) is 6.64. The molecule has 1 saturated heterocycles. The van der Waals surface area contributed by atoms with Crippen molar-refractivity contribution in [2.75, 3.05) is 26.7 Å². The van der Waals surface area contributed by atoms with E-state index in [9.17, 15) is 0 Å². The lowest BCUT2D eigenvalue weighted by Gasteiger charge is -2.31. The van der Waals surface area contributed by atoms with Gasteiger partial charge in [-0.25, -0.2) is 0 Å². The van der Waals surface area contributed by atoms with Gasteiger partial charge in [-0.1, -0.05) is 12.1 Å². The molecule has 1 fully saturated rings. The Morgan fingerprint density at radius 2 is 2.24 bits per heavy atom. The zero-order chi connectivity index (χ0) is 15.1. The molecule has 4 heteroatoms. The number of pyridine rings is 1. The average Bonchev–Trinajstić information content (AvgIpc) is 2.51. The molecule has 0 radical (unpaired) electrons. The van der Waals surface area contributed by atoms with Crippen LogP contribution in [0, 0.1) is 0 Å². The van der Waals surface area contributed by atoms with Crippen LogP contribution in [-0.2, 0) is 4.74 Å². The van der Waals surface area contributed by atoms with Gasteiger partial charge in [-0.05, 0) is 51.4 Å². The minimum atomic E-state index is 0.0667. The first kappa shape index (κ1) is 16.1. The van der Waals surface area contributed by atoms with Crippen molar-refractivity contribution in [2.45, 2.75) is 39.0 Å². The third-order valence-electron chi connectivity index (χ3n) is 3.98. The largest absolute Gasteiger partial charge is 0.360 e. The molecule has 1 aliphatic rings. The van der Waals surface area contributed by atoms with E-state index >= 15 is 0 Å². The number of ether oxygens (including phenoxy) is 1. The molecule has 0 saturated carbocycles. The van der Waals surface area contributed by atoms with E-state index in [0.717, 1.165) is 38.2 Å². The SMILES string of the molecule is C/C=C(\CNC(C)OC1CCN(C)CC1)c1ccccn1. The molecule has 1 N–H and O–H groups in total. The summed E-state index contributed by atoms with van der Waals surface area (Å²) < 4.78 is 6.08. The Kier molecular flexibility index (Phi) is 6.36. The molecule has 0 aliphatic carbocycles. The Balaban J connectivity index is 1.76. The lowest BCUT2D eigenvalue weighted by molar-refractivity contribution is -0.0437. The molecule has 1 unspecified atom stereocenters. The number of nitrogens with one attached hydrogen (secondary N) is 1. The van der Waals surface area contributed by atoms with E-state index in [-0.39, 0.29) is 6.23 Å². The molecule has 0 amide bonds. The molecule has 4 nitrogen and oxygen atoms in total. The first-order valence-corrected chi connectivity index (χ1v) is 7.83. The van der Waals surface area contributed by atoms with Gasteiger partial charge in [0.25, 0.3) is 0 Å². The van der Waals surface area contributed by atoms with Crippen LogP contribution in [0.3, 0.4) is 0 Å². The predicted octanol–water partition coefficient (Wildman–Crippen LogP) is 2.53. The van der Waals surface area contributed by atoms with Crippen LogP contribution in [0.15, 0.2) is 30.5 Å². The van der Waals surface area contributed by atoms with Crippen molar-refractivity contribution in [1.29, 1.82) is 0 Å². The monoisotopic (exact) mass is 289 g/mol. The molecule has 116 valence electrons. The first-order valence-electron chi connectivity index (χ1n) is 7.83. The fourth-order valence-corrected chi connectivity index (χ4v) is 2.60. The van der Waals surface area contributed by atoms with Crippen LogP contribution < -0.4 is 5.32 Å². The van der Waals surface area contributed by atoms with E-state index < -0.39 is 0 Å². The van der Waals surface area contributed by atoms with Crippen molar-refractivity contribution in [3.63, 3.8) is 0 Å². The lowest BCUT2D eigenvalue weighted by Crippen LogP contribution is -2.39. The minimum absolute atomic E-state index is 0.0667. The summed E-state index contributed by atoms with van der Waals surface area (Å²) in [4.78, 5) is 6.76.